The molecule has 6 nitrogen and oxygen atoms in total. The van der Waals surface area contributed by atoms with Gasteiger partial charge in [0.2, 0.25) is 5.43 Å². The lowest BCUT2D eigenvalue weighted by Gasteiger charge is -2.18. The number of aryl methyl sites for hydroxylation is 3. The molecule has 4 rings (SSSR count). The Hall–Kier alpha value is -3.13. The largest absolute Gasteiger partial charge is 0.287 e. The van der Waals surface area contributed by atoms with Crippen molar-refractivity contribution in [2.24, 2.45) is 0 Å². The van der Waals surface area contributed by atoms with Gasteiger partial charge in [0.1, 0.15) is 11.5 Å². The zero-order valence-corrected chi connectivity index (χ0v) is 17.4. The molecule has 0 radical (unpaired) electrons. The Labute approximate surface area is 177 Å². The molecule has 0 saturated heterocycles. The number of thiazole rings is 1. The molecule has 0 fully saturated rings. The minimum absolute atomic E-state index is 0.170. The van der Waals surface area contributed by atoms with Crippen LogP contribution >= 0.6 is 11.3 Å². The smallest absolute Gasteiger partial charge is 0.284 e. The highest BCUT2D eigenvalue weighted by Crippen LogP contribution is 2.32. The predicted molar refractivity (Wildman–Crippen MR) is 115 cm³/mol. The van der Waals surface area contributed by atoms with E-state index in [4.69, 9.17) is 0 Å². The first-order valence-electron chi connectivity index (χ1n) is 9.77. The summed E-state index contributed by atoms with van der Waals surface area (Å²) in [5.74, 6) is -1.07. The molecular formula is C22H21FN4O2S. The molecule has 0 atom stereocenters. The summed E-state index contributed by atoms with van der Waals surface area (Å²) in [6.45, 7) is 5.57. The Bertz CT molecular complexity index is 1160. The number of hydrogen-bond acceptors (Lipinski definition) is 5. The minimum Gasteiger partial charge on any atom is -0.287 e. The van der Waals surface area contributed by atoms with Crippen molar-refractivity contribution in [1.29, 1.82) is 0 Å². The fraction of sp³-hybridized carbons (Fsp3) is 0.273. The Morgan fingerprint density at radius 3 is 2.83 bits per heavy atom. The van der Waals surface area contributed by atoms with Crippen LogP contribution in [0.15, 0.2) is 47.8 Å². The summed E-state index contributed by atoms with van der Waals surface area (Å²) in [5, 5.41) is 4.76. The van der Waals surface area contributed by atoms with E-state index in [2.05, 4.69) is 16.7 Å². The van der Waals surface area contributed by atoms with E-state index in [1.165, 1.54) is 37.9 Å². The van der Waals surface area contributed by atoms with Crippen LogP contribution in [0.25, 0.3) is 5.69 Å². The first-order valence-corrected chi connectivity index (χ1v) is 10.6. The van der Waals surface area contributed by atoms with Gasteiger partial charge in [-0.1, -0.05) is 18.2 Å². The average molecular weight is 425 g/mol. The quantitative estimate of drug-likeness (QED) is 0.584. The molecule has 0 saturated carbocycles. The second-order valence-electron chi connectivity index (χ2n) is 7.14. The summed E-state index contributed by atoms with van der Waals surface area (Å²) in [6, 6.07) is 7.39. The van der Waals surface area contributed by atoms with Crippen LogP contribution in [-0.4, -0.2) is 27.2 Å². The Morgan fingerprint density at radius 1 is 1.33 bits per heavy atom. The number of carbonyl (C=O) groups is 1. The van der Waals surface area contributed by atoms with E-state index in [-0.39, 0.29) is 17.9 Å². The normalized spacial score (nSPS) is 13.0. The van der Waals surface area contributed by atoms with Crippen molar-refractivity contribution in [3.63, 3.8) is 0 Å². The fourth-order valence-electron chi connectivity index (χ4n) is 3.52. The van der Waals surface area contributed by atoms with Gasteiger partial charge >= 0.3 is 0 Å². The SMILES string of the molecule is C=CCN(C(=O)c1nn(-c2ccccc2F)c(C)cc1=O)c1nc2c(s1)CCCC2. The standard InChI is InChI=1S/C22H21FN4O2S/c1-3-12-26(22-24-16-9-5-7-11-19(16)30-22)21(29)20-18(28)13-14(2)27(25-20)17-10-6-4-8-15(17)23/h3-4,6,8,10,13H,1,5,7,9,11-12H2,2H3. The second kappa shape index (κ2) is 8.31. The molecule has 0 bridgehead atoms. The van der Waals surface area contributed by atoms with Gasteiger partial charge in [-0.05, 0) is 44.7 Å². The van der Waals surface area contributed by atoms with Gasteiger partial charge in [0.25, 0.3) is 5.91 Å². The van der Waals surface area contributed by atoms with Crippen molar-refractivity contribution in [3.8, 4) is 5.69 Å². The van der Waals surface area contributed by atoms with Gasteiger partial charge < -0.3 is 0 Å². The molecule has 2 aromatic heterocycles. The number of carbonyl (C=O) groups excluding carboxylic acids is 1. The van der Waals surface area contributed by atoms with Crippen molar-refractivity contribution in [1.82, 2.24) is 14.8 Å². The van der Waals surface area contributed by atoms with Crippen LogP contribution in [0, 0.1) is 12.7 Å². The van der Waals surface area contributed by atoms with Gasteiger partial charge in [-0.25, -0.2) is 14.1 Å². The highest BCUT2D eigenvalue weighted by Gasteiger charge is 2.27. The van der Waals surface area contributed by atoms with E-state index in [1.807, 2.05) is 0 Å². The predicted octanol–water partition coefficient (Wildman–Crippen LogP) is 3.85. The maximum Gasteiger partial charge on any atom is 0.284 e. The zero-order chi connectivity index (χ0) is 21.3. The van der Waals surface area contributed by atoms with E-state index in [1.54, 1.807) is 31.2 Å². The zero-order valence-electron chi connectivity index (χ0n) is 16.6. The molecule has 3 aromatic rings. The molecule has 1 amide bonds. The van der Waals surface area contributed by atoms with E-state index in [0.29, 0.717) is 10.8 Å². The number of aromatic nitrogens is 3. The number of para-hydroxylation sites is 1. The van der Waals surface area contributed by atoms with Crippen molar-refractivity contribution in [3.05, 3.63) is 81.0 Å². The van der Waals surface area contributed by atoms with E-state index >= 15 is 0 Å². The molecule has 154 valence electrons. The number of amides is 1. The second-order valence-corrected chi connectivity index (χ2v) is 8.20. The lowest BCUT2D eigenvalue weighted by atomic mass is 10.0. The molecule has 1 aliphatic rings. The van der Waals surface area contributed by atoms with Crippen LogP contribution < -0.4 is 10.3 Å². The fourth-order valence-corrected chi connectivity index (χ4v) is 4.68. The number of benzene rings is 1. The highest BCUT2D eigenvalue weighted by atomic mass is 32.1. The first kappa shape index (κ1) is 20.2. The molecule has 0 N–H and O–H groups in total. The number of halogens is 1. The highest BCUT2D eigenvalue weighted by molar-refractivity contribution is 7.16. The molecular weight excluding hydrogens is 403 g/mol. The maximum atomic E-state index is 14.3. The van der Waals surface area contributed by atoms with Gasteiger partial charge in [-0.2, -0.15) is 5.10 Å². The Kier molecular flexibility index (Phi) is 5.59. The number of anilines is 1. The van der Waals surface area contributed by atoms with Crippen LogP contribution in [0.4, 0.5) is 9.52 Å². The molecule has 8 heteroatoms. The summed E-state index contributed by atoms with van der Waals surface area (Å²) in [5.41, 5.74) is 0.828. The van der Waals surface area contributed by atoms with E-state index < -0.39 is 17.2 Å². The van der Waals surface area contributed by atoms with Gasteiger partial charge in [0, 0.05) is 23.2 Å². The van der Waals surface area contributed by atoms with Crippen molar-refractivity contribution in [2.75, 3.05) is 11.4 Å². The van der Waals surface area contributed by atoms with Crippen LogP contribution in [-0.2, 0) is 12.8 Å². The third-order valence-electron chi connectivity index (χ3n) is 5.01. The third kappa shape index (κ3) is 3.70. The summed E-state index contributed by atoms with van der Waals surface area (Å²) in [4.78, 5) is 33.2. The molecule has 1 aromatic carbocycles. The minimum atomic E-state index is -0.573. The van der Waals surface area contributed by atoms with E-state index in [0.717, 1.165) is 31.4 Å². The van der Waals surface area contributed by atoms with Crippen LogP contribution in [0.2, 0.25) is 0 Å². The van der Waals surface area contributed by atoms with Crippen LogP contribution in [0.1, 0.15) is 39.6 Å². The monoisotopic (exact) mass is 424 g/mol. The molecule has 1 aliphatic carbocycles. The van der Waals surface area contributed by atoms with Crippen molar-refractivity contribution >= 4 is 22.4 Å². The van der Waals surface area contributed by atoms with Crippen LogP contribution in [0.5, 0.6) is 0 Å². The lowest BCUT2D eigenvalue weighted by Crippen LogP contribution is -2.36. The van der Waals surface area contributed by atoms with Crippen molar-refractivity contribution in [2.45, 2.75) is 32.6 Å². The summed E-state index contributed by atoms with van der Waals surface area (Å²) >= 11 is 1.47. The first-order chi connectivity index (χ1) is 14.5. The molecule has 30 heavy (non-hydrogen) atoms. The maximum absolute atomic E-state index is 14.3. The number of nitrogens with zero attached hydrogens (tertiary/aromatic N) is 4. The Morgan fingerprint density at radius 2 is 2.10 bits per heavy atom. The summed E-state index contributed by atoms with van der Waals surface area (Å²) < 4.78 is 15.6. The third-order valence-corrected chi connectivity index (χ3v) is 6.19. The summed E-state index contributed by atoms with van der Waals surface area (Å²) in [7, 11) is 0. The van der Waals surface area contributed by atoms with Gasteiger partial charge in [0.05, 0.1) is 5.69 Å². The number of hydrogen-bond donors (Lipinski definition) is 0. The van der Waals surface area contributed by atoms with Gasteiger partial charge in [0.15, 0.2) is 10.8 Å². The van der Waals surface area contributed by atoms with Crippen LogP contribution in [0.3, 0.4) is 0 Å². The number of rotatable bonds is 5. The van der Waals surface area contributed by atoms with Gasteiger partial charge in [-0.15, -0.1) is 17.9 Å². The molecule has 0 unspecified atom stereocenters. The lowest BCUT2D eigenvalue weighted by molar-refractivity contribution is 0.0982. The van der Waals surface area contributed by atoms with Crippen molar-refractivity contribution < 1.29 is 9.18 Å². The number of fused-ring (bicyclic) bond motifs is 1. The average Bonchev–Trinajstić information content (AvgIpc) is 3.16. The van der Waals surface area contributed by atoms with E-state index in [9.17, 15) is 14.0 Å². The summed E-state index contributed by atoms with van der Waals surface area (Å²) in [6.07, 6.45) is 5.62. The molecule has 0 spiro atoms. The topological polar surface area (TPSA) is 68.1 Å². The van der Waals surface area contributed by atoms with Gasteiger partial charge in [-0.3, -0.25) is 14.5 Å². The molecule has 0 aliphatic heterocycles. The Balaban J connectivity index is 1.78. The molecule has 2 heterocycles.